The Labute approximate surface area is 174 Å². The van der Waals surface area contributed by atoms with Gasteiger partial charge in [0.1, 0.15) is 0 Å². The zero-order valence-electron chi connectivity index (χ0n) is 17.8. The molecule has 2 amide bonds. The SMILES string of the molecule is Cc1cnccc1CN(C)C(=O)C1CCCN(C2CCN(C(=O)C3CC3)CC2)C1. The van der Waals surface area contributed by atoms with E-state index in [2.05, 4.69) is 14.8 Å². The lowest BCUT2D eigenvalue weighted by atomic mass is 9.92. The average Bonchev–Trinajstić information content (AvgIpc) is 3.60. The Morgan fingerprint density at radius 1 is 1.10 bits per heavy atom. The highest BCUT2D eigenvalue weighted by molar-refractivity contribution is 5.81. The van der Waals surface area contributed by atoms with Crippen LogP contribution >= 0.6 is 0 Å². The molecule has 1 unspecified atom stereocenters. The number of aromatic nitrogens is 1. The summed E-state index contributed by atoms with van der Waals surface area (Å²) in [4.78, 5) is 36.0. The standard InChI is InChI=1S/C23H34N4O2/c1-17-14-24-10-7-19(17)15-25(2)22(28)20-4-3-11-27(16-20)21-8-12-26(13-9-21)23(29)18-5-6-18/h7,10,14,18,20-21H,3-6,8-9,11-13,15-16H2,1-2H3. The molecule has 0 N–H and O–H groups in total. The normalized spacial score (nSPS) is 23.8. The number of rotatable bonds is 5. The van der Waals surface area contributed by atoms with Crippen molar-refractivity contribution in [3.05, 3.63) is 29.6 Å². The summed E-state index contributed by atoms with van der Waals surface area (Å²) in [5, 5.41) is 0. The number of amides is 2. The summed E-state index contributed by atoms with van der Waals surface area (Å²) in [6.45, 7) is 6.40. The molecular weight excluding hydrogens is 364 g/mol. The van der Waals surface area contributed by atoms with Crippen molar-refractivity contribution in [2.45, 2.75) is 58.0 Å². The lowest BCUT2D eigenvalue weighted by Crippen LogP contribution is -2.51. The van der Waals surface area contributed by atoms with Gasteiger partial charge in [0.15, 0.2) is 0 Å². The molecule has 0 radical (unpaired) electrons. The van der Waals surface area contributed by atoms with Crippen LogP contribution in [0.3, 0.4) is 0 Å². The number of carbonyl (C=O) groups excluding carboxylic acids is 2. The lowest BCUT2D eigenvalue weighted by Gasteiger charge is -2.42. The Morgan fingerprint density at radius 3 is 2.55 bits per heavy atom. The van der Waals surface area contributed by atoms with Gasteiger partial charge in [-0.25, -0.2) is 0 Å². The van der Waals surface area contributed by atoms with E-state index in [0.717, 1.165) is 75.8 Å². The van der Waals surface area contributed by atoms with Crippen LogP contribution in [0, 0.1) is 18.8 Å². The summed E-state index contributed by atoms with van der Waals surface area (Å²) >= 11 is 0. The third-order valence-corrected chi connectivity index (χ3v) is 6.94. The maximum absolute atomic E-state index is 13.1. The molecule has 29 heavy (non-hydrogen) atoms. The van der Waals surface area contributed by atoms with Crippen LogP contribution in [0.2, 0.25) is 0 Å². The van der Waals surface area contributed by atoms with Crippen molar-refractivity contribution >= 4 is 11.8 Å². The van der Waals surface area contributed by atoms with Crippen LogP contribution in [0.25, 0.3) is 0 Å². The fourth-order valence-electron chi connectivity index (χ4n) is 4.90. The Kier molecular flexibility index (Phi) is 6.18. The van der Waals surface area contributed by atoms with E-state index < -0.39 is 0 Å². The molecule has 1 saturated carbocycles. The maximum atomic E-state index is 13.1. The van der Waals surface area contributed by atoms with Crippen molar-refractivity contribution in [2.24, 2.45) is 11.8 Å². The molecule has 4 rings (SSSR count). The second kappa shape index (κ2) is 8.82. The Hall–Kier alpha value is -1.95. The summed E-state index contributed by atoms with van der Waals surface area (Å²) in [5.41, 5.74) is 2.29. The predicted octanol–water partition coefficient (Wildman–Crippen LogP) is 2.46. The average molecular weight is 399 g/mol. The highest BCUT2D eigenvalue weighted by Gasteiger charge is 2.37. The summed E-state index contributed by atoms with van der Waals surface area (Å²) < 4.78 is 0. The minimum absolute atomic E-state index is 0.0852. The Morgan fingerprint density at radius 2 is 1.86 bits per heavy atom. The first-order chi connectivity index (χ1) is 14.0. The first-order valence-corrected chi connectivity index (χ1v) is 11.2. The van der Waals surface area contributed by atoms with Gasteiger partial charge in [0.2, 0.25) is 11.8 Å². The third-order valence-electron chi connectivity index (χ3n) is 6.94. The summed E-state index contributed by atoms with van der Waals surface area (Å²) in [5.74, 6) is 1.04. The van der Waals surface area contributed by atoms with Gasteiger partial charge >= 0.3 is 0 Å². The zero-order chi connectivity index (χ0) is 20.4. The minimum Gasteiger partial charge on any atom is -0.342 e. The summed E-state index contributed by atoms with van der Waals surface area (Å²) in [6.07, 6.45) is 9.98. The van der Waals surface area contributed by atoms with E-state index in [-0.39, 0.29) is 11.8 Å². The fraction of sp³-hybridized carbons (Fsp3) is 0.696. The molecule has 3 heterocycles. The van der Waals surface area contributed by atoms with E-state index in [9.17, 15) is 9.59 Å². The molecule has 0 aromatic carbocycles. The van der Waals surface area contributed by atoms with Crippen molar-refractivity contribution < 1.29 is 9.59 Å². The molecule has 1 aromatic rings. The molecule has 1 aromatic heterocycles. The van der Waals surface area contributed by atoms with Gasteiger partial charge in [-0.05, 0) is 69.2 Å². The van der Waals surface area contributed by atoms with Gasteiger partial charge in [-0.2, -0.15) is 0 Å². The van der Waals surface area contributed by atoms with Crippen LogP contribution in [0.4, 0.5) is 0 Å². The molecule has 6 heteroatoms. The highest BCUT2D eigenvalue weighted by atomic mass is 16.2. The second-order valence-electron chi connectivity index (χ2n) is 9.16. The van der Waals surface area contributed by atoms with E-state index in [1.54, 1.807) is 6.20 Å². The molecule has 1 aliphatic carbocycles. The third kappa shape index (κ3) is 4.80. The molecule has 2 aliphatic heterocycles. The monoisotopic (exact) mass is 398 g/mol. The molecule has 0 bridgehead atoms. The highest BCUT2D eigenvalue weighted by Crippen LogP contribution is 2.33. The lowest BCUT2D eigenvalue weighted by molar-refractivity contribution is -0.137. The number of hydrogen-bond acceptors (Lipinski definition) is 4. The molecule has 3 aliphatic rings. The number of aryl methyl sites for hydroxylation is 1. The Bertz CT molecular complexity index is 740. The number of piperidine rings is 2. The summed E-state index contributed by atoms with van der Waals surface area (Å²) in [7, 11) is 1.92. The van der Waals surface area contributed by atoms with Gasteiger partial charge in [0.05, 0.1) is 5.92 Å². The number of nitrogens with zero attached hydrogens (tertiary/aromatic N) is 4. The molecule has 158 valence electrons. The maximum Gasteiger partial charge on any atom is 0.227 e. The number of carbonyl (C=O) groups is 2. The predicted molar refractivity (Wildman–Crippen MR) is 112 cm³/mol. The van der Waals surface area contributed by atoms with E-state index in [1.807, 2.05) is 31.1 Å². The first-order valence-electron chi connectivity index (χ1n) is 11.2. The van der Waals surface area contributed by atoms with Crippen LogP contribution in [0.15, 0.2) is 18.5 Å². The van der Waals surface area contributed by atoms with Crippen molar-refractivity contribution in [3.63, 3.8) is 0 Å². The summed E-state index contributed by atoms with van der Waals surface area (Å²) in [6, 6.07) is 2.52. The number of likely N-dealkylation sites (tertiary alicyclic amines) is 2. The van der Waals surface area contributed by atoms with Gasteiger partial charge in [-0.3, -0.25) is 19.5 Å². The fourth-order valence-corrected chi connectivity index (χ4v) is 4.90. The molecule has 2 saturated heterocycles. The van der Waals surface area contributed by atoms with Crippen molar-refractivity contribution in [1.82, 2.24) is 19.7 Å². The van der Waals surface area contributed by atoms with Crippen LogP contribution < -0.4 is 0 Å². The van der Waals surface area contributed by atoms with Gasteiger partial charge in [-0.15, -0.1) is 0 Å². The van der Waals surface area contributed by atoms with E-state index >= 15 is 0 Å². The van der Waals surface area contributed by atoms with Gasteiger partial charge < -0.3 is 9.80 Å². The van der Waals surface area contributed by atoms with Gasteiger partial charge in [0, 0.05) is 57.6 Å². The minimum atomic E-state index is 0.0852. The van der Waals surface area contributed by atoms with Crippen LogP contribution in [-0.2, 0) is 16.1 Å². The van der Waals surface area contributed by atoms with Crippen LogP contribution in [0.1, 0.15) is 49.7 Å². The molecule has 0 spiro atoms. The molecule has 3 fully saturated rings. The first kappa shape index (κ1) is 20.3. The smallest absolute Gasteiger partial charge is 0.227 e. The van der Waals surface area contributed by atoms with Crippen molar-refractivity contribution in [1.29, 1.82) is 0 Å². The van der Waals surface area contributed by atoms with E-state index in [1.165, 1.54) is 0 Å². The quantitative estimate of drug-likeness (QED) is 0.765. The van der Waals surface area contributed by atoms with Crippen molar-refractivity contribution in [3.8, 4) is 0 Å². The van der Waals surface area contributed by atoms with E-state index in [4.69, 9.17) is 0 Å². The topological polar surface area (TPSA) is 56.8 Å². The van der Waals surface area contributed by atoms with Crippen molar-refractivity contribution in [2.75, 3.05) is 33.2 Å². The zero-order valence-corrected chi connectivity index (χ0v) is 17.8. The van der Waals surface area contributed by atoms with Crippen LogP contribution in [-0.4, -0.2) is 70.8 Å². The van der Waals surface area contributed by atoms with Gasteiger partial charge in [-0.1, -0.05) is 0 Å². The van der Waals surface area contributed by atoms with E-state index in [0.29, 0.717) is 24.4 Å². The molecule has 6 nitrogen and oxygen atoms in total. The molecular formula is C23H34N4O2. The van der Waals surface area contributed by atoms with Crippen LogP contribution in [0.5, 0.6) is 0 Å². The Balaban J connectivity index is 1.29. The number of hydrogen-bond donors (Lipinski definition) is 0. The second-order valence-corrected chi connectivity index (χ2v) is 9.16. The van der Waals surface area contributed by atoms with Gasteiger partial charge in [0.25, 0.3) is 0 Å². The largest absolute Gasteiger partial charge is 0.342 e. The molecule has 1 atom stereocenters. The number of pyridine rings is 1.